The number of sulfone groups is 1. The molecule has 0 bridgehead atoms. The van der Waals surface area contributed by atoms with Crippen LogP contribution in [0.5, 0.6) is 0 Å². The first-order valence-electron chi connectivity index (χ1n) is 24.4. The van der Waals surface area contributed by atoms with E-state index in [2.05, 4.69) is 25.9 Å². The van der Waals surface area contributed by atoms with E-state index in [-0.39, 0.29) is 60.2 Å². The predicted octanol–water partition coefficient (Wildman–Crippen LogP) is 3.28. The molecule has 7 unspecified atom stereocenters. The van der Waals surface area contributed by atoms with Crippen molar-refractivity contribution in [2.75, 3.05) is 47.7 Å². The topological polar surface area (TPSA) is 264 Å². The number of rotatable bonds is 28. The lowest BCUT2D eigenvalue weighted by molar-refractivity contribution is -0.150. The van der Waals surface area contributed by atoms with Gasteiger partial charge in [0.1, 0.15) is 23.3 Å². The van der Waals surface area contributed by atoms with E-state index < -0.39 is 87.3 Å². The minimum absolute atomic E-state index is 0.0275. The summed E-state index contributed by atoms with van der Waals surface area (Å²) in [7, 11) is 2.58. The van der Waals surface area contributed by atoms with Gasteiger partial charge in [-0.1, -0.05) is 77.8 Å². The van der Waals surface area contributed by atoms with Gasteiger partial charge in [-0.25, -0.2) is 23.2 Å². The molecule has 1 aromatic heterocycles. The summed E-state index contributed by atoms with van der Waals surface area (Å²) in [5.41, 5.74) is -0.626. The molecule has 1 saturated heterocycles. The number of likely N-dealkylation sites (N-methyl/N-ethyl adjacent to an activating group) is 2. The van der Waals surface area contributed by atoms with Crippen molar-refractivity contribution >= 4 is 51.2 Å². The van der Waals surface area contributed by atoms with Gasteiger partial charge in [-0.2, -0.15) is 0 Å². The minimum Gasteiger partial charge on any atom is -0.480 e. The number of nitrogens with zero attached hydrogens (tertiary/aromatic N) is 5. The zero-order valence-electron chi connectivity index (χ0n) is 43.6. The number of unbranched alkanes of at least 4 members (excludes halogenated alkanes) is 2. The van der Waals surface area contributed by atoms with Crippen LogP contribution in [0.15, 0.2) is 47.8 Å². The number of aliphatic carboxylic acids is 1. The van der Waals surface area contributed by atoms with Crippen LogP contribution in [0.4, 0.5) is 0 Å². The molecule has 0 radical (unpaired) electrons. The number of ether oxygens (including phenoxy) is 2. The molecule has 4 N–H and O–H groups in total. The molecule has 21 heteroatoms. The largest absolute Gasteiger partial charge is 0.480 e. The van der Waals surface area contributed by atoms with E-state index in [0.29, 0.717) is 45.1 Å². The summed E-state index contributed by atoms with van der Waals surface area (Å²) in [6.45, 7) is 13.1. The lowest BCUT2D eigenvalue weighted by atomic mass is 9.89. The van der Waals surface area contributed by atoms with Gasteiger partial charge in [0.25, 0.3) is 5.91 Å². The van der Waals surface area contributed by atoms with E-state index in [0.717, 1.165) is 24.2 Å². The molecule has 0 saturated carbocycles. The van der Waals surface area contributed by atoms with Crippen LogP contribution in [0, 0.1) is 17.8 Å². The lowest BCUT2D eigenvalue weighted by Gasteiger charge is -2.41. The highest BCUT2D eigenvalue weighted by atomic mass is 32.2. The number of hydrogen-bond acceptors (Lipinski definition) is 13. The number of aromatic nitrogens is 2. The molecular formula is C50H78N8O12S. The third-order valence-electron chi connectivity index (χ3n) is 13.7. The fourth-order valence-corrected chi connectivity index (χ4v) is 9.33. The van der Waals surface area contributed by atoms with Gasteiger partial charge < -0.3 is 45.2 Å². The second kappa shape index (κ2) is 27.3. The fraction of sp³-hybridized carbons (Fsp3) is 0.660. The Balaban J connectivity index is 1.64. The molecule has 2 heterocycles. The van der Waals surface area contributed by atoms with E-state index in [4.69, 9.17) is 9.47 Å². The summed E-state index contributed by atoms with van der Waals surface area (Å²) in [4.78, 5) is 107. The van der Waals surface area contributed by atoms with E-state index in [9.17, 15) is 47.1 Å². The van der Waals surface area contributed by atoms with Crippen molar-refractivity contribution in [2.45, 2.75) is 153 Å². The number of amides is 6. The van der Waals surface area contributed by atoms with Gasteiger partial charge in [-0.05, 0) is 56.9 Å². The maximum absolute atomic E-state index is 14.5. The molecule has 1 aromatic carbocycles. The monoisotopic (exact) mass is 1010 g/mol. The Morgan fingerprint density at radius 3 is 2.14 bits per heavy atom. The fourth-order valence-electron chi connectivity index (χ4n) is 8.84. The van der Waals surface area contributed by atoms with Crippen LogP contribution in [-0.2, 0) is 54.5 Å². The summed E-state index contributed by atoms with van der Waals surface area (Å²) >= 11 is 0. The average Bonchev–Trinajstić information content (AvgIpc) is 3.82. The Labute approximate surface area is 419 Å². The third kappa shape index (κ3) is 16.5. The standard InChI is InChI=1S/C50H78N8O12S/c1-13-32(4)43(38(69-10)28-41(60)58-26-20-23-37(58)44(70-11)33(5)45(61)54-35(48(64)65)27-34-21-16-14-17-22-34)56(8)47(63)42(31(2)3)55-49(66)50(6,7)57(9)40(59)24-18-15-19-25-51-46(62)36-29-53-39(30-52-36)71(12,67)68/h14,16-17,21-22,29-33,35,37-38,42-44H,13,15,18-20,23-28H2,1-12H3,(H,51,62)(H,54,61)(H,55,66)(H,64,65)/t32?,33?,35?,37-,38?,42?,43?,44?/m0/s1. The van der Waals surface area contributed by atoms with Crippen LogP contribution in [0.2, 0.25) is 0 Å². The number of carboxylic acids is 1. The molecule has 0 spiro atoms. The van der Waals surface area contributed by atoms with Gasteiger partial charge in [-0.15, -0.1) is 0 Å². The van der Waals surface area contributed by atoms with Gasteiger partial charge in [0, 0.05) is 60.5 Å². The van der Waals surface area contributed by atoms with Gasteiger partial charge in [-0.3, -0.25) is 28.8 Å². The molecule has 20 nitrogen and oxygen atoms in total. The molecule has 6 amide bonds. The number of hydrogen-bond donors (Lipinski definition) is 4. The van der Waals surface area contributed by atoms with Crippen LogP contribution in [-0.4, -0.2) is 169 Å². The van der Waals surface area contributed by atoms with Crippen LogP contribution in [0.25, 0.3) is 0 Å². The van der Waals surface area contributed by atoms with E-state index in [1.54, 1.807) is 61.9 Å². The highest BCUT2D eigenvalue weighted by Crippen LogP contribution is 2.30. The summed E-state index contributed by atoms with van der Waals surface area (Å²) in [6, 6.07) is 5.74. The number of carbonyl (C=O) groups is 7. The SMILES string of the molecule is CCC(C)C(C(CC(=O)N1CCC[C@H]1C(OC)C(C)C(=O)NC(Cc1ccccc1)C(=O)O)OC)N(C)C(=O)C(NC(=O)C(C)(C)N(C)C(=O)CCCCCNC(=O)c1cnc(S(C)(=O)=O)cn1)C(C)C. The van der Waals surface area contributed by atoms with E-state index >= 15 is 0 Å². The van der Waals surface area contributed by atoms with Crippen molar-refractivity contribution < 1.29 is 56.6 Å². The van der Waals surface area contributed by atoms with E-state index in [1.165, 1.54) is 26.2 Å². The summed E-state index contributed by atoms with van der Waals surface area (Å²) in [6.07, 6.45) is 5.18. The summed E-state index contributed by atoms with van der Waals surface area (Å²) in [5, 5.41) is 18.0. The first-order valence-corrected chi connectivity index (χ1v) is 26.3. The van der Waals surface area contributed by atoms with Crippen molar-refractivity contribution in [2.24, 2.45) is 17.8 Å². The van der Waals surface area contributed by atoms with Crippen molar-refractivity contribution in [3.05, 3.63) is 54.0 Å². The zero-order chi connectivity index (χ0) is 53.4. The molecule has 3 rings (SSSR count). The average molecular weight is 1020 g/mol. The second-order valence-corrected chi connectivity index (χ2v) is 21.4. The Hall–Kier alpha value is -5.54. The first kappa shape index (κ1) is 59.8. The highest BCUT2D eigenvalue weighted by molar-refractivity contribution is 7.90. The van der Waals surface area contributed by atoms with Crippen LogP contribution >= 0.6 is 0 Å². The van der Waals surface area contributed by atoms with E-state index in [1.807, 2.05) is 33.8 Å². The quantitative estimate of drug-likeness (QED) is 0.0893. The molecular weight excluding hydrogens is 937 g/mol. The second-order valence-electron chi connectivity index (χ2n) is 19.5. The van der Waals surface area contributed by atoms with Crippen molar-refractivity contribution in [3.8, 4) is 0 Å². The summed E-state index contributed by atoms with van der Waals surface area (Å²) in [5.74, 6) is -4.99. The maximum atomic E-state index is 14.5. The van der Waals surface area contributed by atoms with Gasteiger partial charge >= 0.3 is 5.97 Å². The van der Waals surface area contributed by atoms with Crippen molar-refractivity contribution in [1.29, 1.82) is 0 Å². The maximum Gasteiger partial charge on any atom is 0.326 e. The Kier molecular flexibility index (Phi) is 23.0. The molecule has 396 valence electrons. The molecule has 1 aliphatic heterocycles. The first-order chi connectivity index (χ1) is 33.3. The molecule has 1 aliphatic rings. The molecule has 8 atom stereocenters. The van der Waals surface area contributed by atoms with Crippen LogP contribution in [0.1, 0.15) is 116 Å². The number of carboxylic acid groups (broad SMARTS) is 1. The normalized spacial score (nSPS) is 17.0. The van der Waals surface area contributed by atoms with Crippen LogP contribution < -0.4 is 16.0 Å². The predicted molar refractivity (Wildman–Crippen MR) is 265 cm³/mol. The van der Waals surface area contributed by atoms with Crippen molar-refractivity contribution in [1.82, 2.24) is 40.6 Å². The molecule has 2 aromatic rings. The van der Waals surface area contributed by atoms with Gasteiger partial charge in [0.15, 0.2) is 14.9 Å². The Morgan fingerprint density at radius 2 is 1.59 bits per heavy atom. The van der Waals surface area contributed by atoms with Gasteiger partial charge in [0.2, 0.25) is 29.5 Å². The van der Waals surface area contributed by atoms with Crippen molar-refractivity contribution in [3.63, 3.8) is 0 Å². The smallest absolute Gasteiger partial charge is 0.326 e. The highest BCUT2D eigenvalue weighted by Gasteiger charge is 2.44. The number of benzene rings is 1. The summed E-state index contributed by atoms with van der Waals surface area (Å²) < 4.78 is 35.1. The number of likely N-dealkylation sites (tertiary alicyclic amines) is 1. The lowest BCUT2D eigenvalue weighted by Crippen LogP contribution is -2.62. The molecule has 1 fully saturated rings. The third-order valence-corrected chi connectivity index (χ3v) is 14.7. The Morgan fingerprint density at radius 1 is 0.930 bits per heavy atom. The molecule has 71 heavy (non-hydrogen) atoms. The number of nitrogens with one attached hydrogen (secondary N) is 3. The Bertz CT molecular complexity index is 2230. The van der Waals surface area contributed by atoms with Crippen LogP contribution in [0.3, 0.4) is 0 Å². The number of methoxy groups -OCH3 is 2. The molecule has 0 aliphatic carbocycles. The number of carbonyl (C=O) groups excluding carboxylic acids is 6. The van der Waals surface area contributed by atoms with Gasteiger partial charge in [0.05, 0.1) is 49.0 Å². The zero-order valence-corrected chi connectivity index (χ0v) is 44.4. The minimum atomic E-state index is -3.55.